The van der Waals surface area contributed by atoms with Gasteiger partial charge in [-0.2, -0.15) is 0 Å². The van der Waals surface area contributed by atoms with E-state index in [0.29, 0.717) is 11.1 Å². The minimum Gasteiger partial charge on any atom is -0.357 e. The Labute approximate surface area is 162 Å². The Balaban J connectivity index is 1.59. The van der Waals surface area contributed by atoms with Crippen molar-refractivity contribution < 1.29 is 0 Å². The van der Waals surface area contributed by atoms with Crippen LogP contribution in [0.25, 0.3) is 0 Å². The molecule has 1 aliphatic carbocycles. The number of rotatable bonds is 5. The van der Waals surface area contributed by atoms with Gasteiger partial charge < -0.3 is 4.90 Å². The highest BCUT2D eigenvalue weighted by atomic mass is 15.2. The summed E-state index contributed by atoms with van der Waals surface area (Å²) in [5.41, 5.74) is 5.12. The summed E-state index contributed by atoms with van der Waals surface area (Å²) in [4.78, 5) is 11.2. The maximum Gasteiger partial charge on any atom is 0.132 e. The van der Waals surface area contributed by atoms with Gasteiger partial charge in [-0.1, -0.05) is 26.0 Å². The van der Waals surface area contributed by atoms with Gasteiger partial charge in [0.1, 0.15) is 12.1 Å². The van der Waals surface area contributed by atoms with Crippen molar-refractivity contribution >= 4 is 11.5 Å². The number of piperidine rings is 1. The van der Waals surface area contributed by atoms with Gasteiger partial charge in [-0.25, -0.2) is 9.97 Å². The number of anilines is 1. The van der Waals surface area contributed by atoms with Gasteiger partial charge in [0.25, 0.3) is 0 Å². The normalized spacial score (nSPS) is 24.7. The molecule has 1 aromatic carbocycles. The Morgan fingerprint density at radius 2 is 1.93 bits per heavy atom. The number of aromatic nitrogens is 2. The van der Waals surface area contributed by atoms with Gasteiger partial charge in [-0.3, -0.25) is 5.41 Å². The van der Waals surface area contributed by atoms with Crippen molar-refractivity contribution in [1.82, 2.24) is 9.97 Å². The molecule has 1 aromatic heterocycles. The molecule has 1 N–H and O–H groups in total. The first kappa shape index (κ1) is 18.1. The Hall–Kier alpha value is -2.23. The first-order chi connectivity index (χ1) is 13.0. The fraction of sp³-hybridized carbons (Fsp3) is 0.522. The number of hydrogen-bond acceptors (Lipinski definition) is 4. The zero-order chi connectivity index (χ0) is 19.0. The van der Waals surface area contributed by atoms with E-state index in [4.69, 9.17) is 5.41 Å². The standard InChI is InChI=1S/C23H30N4/c1-16-7-8-18(14-23(3)13-17(23)2)11-19(16)22(24)20-12-21(26-15-25-20)27-9-5-4-6-10-27/h7-8,11-12,15,17,24H,4-6,9-10,13-14H2,1-3H3. The number of benzene rings is 1. The second-order valence-electron chi connectivity index (χ2n) is 8.77. The topological polar surface area (TPSA) is 52.9 Å². The molecule has 1 saturated heterocycles. The zero-order valence-corrected chi connectivity index (χ0v) is 16.8. The van der Waals surface area contributed by atoms with Crippen LogP contribution in [-0.4, -0.2) is 28.8 Å². The highest BCUT2D eigenvalue weighted by Crippen LogP contribution is 2.53. The molecule has 2 heterocycles. The van der Waals surface area contributed by atoms with E-state index in [1.807, 2.05) is 6.07 Å². The van der Waals surface area contributed by atoms with Crippen LogP contribution in [-0.2, 0) is 6.42 Å². The van der Waals surface area contributed by atoms with Gasteiger partial charge in [0.05, 0.1) is 11.4 Å². The molecule has 27 heavy (non-hydrogen) atoms. The molecule has 2 aromatic rings. The van der Waals surface area contributed by atoms with Gasteiger partial charge >= 0.3 is 0 Å². The lowest BCUT2D eigenvalue weighted by Gasteiger charge is -2.27. The summed E-state index contributed by atoms with van der Waals surface area (Å²) >= 11 is 0. The van der Waals surface area contributed by atoms with Crippen LogP contribution in [0.3, 0.4) is 0 Å². The van der Waals surface area contributed by atoms with Crippen LogP contribution in [0.2, 0.25) is 0 Å². The molecular weight excluding hydrogens is 332 g/mol. The molecule has 2 atom stereocenters. The monoisotopic (exact) mass is 362 g/mol. The Morgan fingerprint density at radius 3 is 2.63 bits per heavy atom. The van der Waals surface area contributed by atoms with Crippen molar-refractivity contribution in [3.8, 4) is 0 Å². The highest BCUT2D eigenvalue weighted by molar-refractivity contribution is 6.10. The summed E-state index contributed by atoms with van der Waals surface area (Å²) < 4.78 is 0. The van der Waals surface area contributed by atoms with E-state index in [0.717, 1.165) is 48.1 Å². The van der Waals surface area contributed by atoms with Crippen LogP contribution in [0.4, 0.5) is 5.82 Å². The van der Waals surface area contributed by atoms with Crippen LogP contribution in [0.5, 0.6) is 0 Å². The van der Waals surface area contributed by atoms with Crippen molar-refractivity contribution in [3.05, 3.63) is 53.0 Å². The molecule has 2 unspecified atom stereocenters. The minimum atomic E-state index is 0.436. The lowest BCUT2D eigenvalue weighted by molar-refractivity contribution is 0.518. The Kier molecular flexibility index (Phi) is 4.75. The molecule has 4 rings (SSSR count). The fourth-order valence-corrected chi connectivity index (χ4v) is 4.32. The average Bonchev–Trinajstić information content (AvgIpc) is 3.29. The minimum absolute atomic E-state index is 0.436. The molecule has 2 aliphatic rings. The average molecular weight is 363 g/mol. The summed E-state index contributed by atoms with van der Waals surface area (Å²) in [6.07, 6.45) is 7.74. The van der Waals surface area contributed by atoms with Crippen LogP contribution in [0, 0.1) is 23.7 Å². The Bertz CT molecular complexity index is 853. The van der Waals surface area contributed by atoms with Crippen molar-refractivity contribution in [3.63, 3.8) is 0 Å². The van der Waals surface area contributed by atoms with Crippen molar-refractivity contribution in [1.29, 1.82) is 5.41 Å². The first-order valence-corrected chi connectivity index (χ1v) is 10.2. The molecule has 4 nitrogen and oxygen atoms in total. The summed E-state index contributed by atoms with van der Waals surface area (Å²) in [7, 11) is 0. The highest BCUT2D eigenvalue weighted by Gasteiger charge is 2.46. The second kappa shape index (κ2) is 7.06. The quantitative estimate of drug-likeness (QED) is 0.779. The molecule has 0 spiro atoms. The van der Waals surface area contributed by atoms with Crippen LogP contribution in [0.15, 0.2) is 30.6 Å². The van der Waals surface area contributed by atoms with E-state index in [-0.39, 0.29) is 0 Å². The van der Waals surface area contributed by atoms with E-state index < -0.39 is 0 Å². The second-order valence-corrected chi connectivity index (χ2v) is 8.77. The third-order valence-corrected chi connectivity index (χ3v) is 6.57. The molecule has 142 valence electrons. The van der Waals surface area contributed by atoms with Gasteiger partial charge in [0.15, 0.2) is 0 Å². The molecular formula is C23H30N4. The first-order valence-electron chi connectivity index (χ1n) is 10.2. The smallest absolute Gasteiger partial charge is 0.132 e. The number of aryl methyl sites for hydroxylation is 1. The van der Waals surface area contributed by atoms with Gasteiger partial charge in [0.2, 0.25) is 0 Å². The van der Waals surface area contributed by atoms with E-state index in [9.17, 15) is 0 Å². The fourth-order valence-electron chi connectivity index (χ4n) is 4.32. The number of nitrogens with one attached hydrogen (secondary N) is 1. The summed E-state index contributed by atoms with van der Waals surface area (Å²) in [6.45, 7) is 8.89. The molecule has 0 radical (unpaired) electrons. The van der Waals surface area contributed by atoms with E-state index in [2.05, 4.69) is 53.8 Å². The van der Waals surface area contributed by atoms with Gasteiger partial charge in [0, 0.05) is 24.7 Å². The zero-order valence-electron chi connectivity index (χ0n) is 16.8. The summed E-state index contributed by atoms with van der Waals surface area (Å²) in [5, 5.41) is 8.80. The number of nitrogens with zero attached hydrogens (tertiary/aromatic N) is 3. The number of hydrogen-bond donors (Lipinski definition) is 1. The maximum absolute atomic E-state index is 8.80. The predicted octanol–water partition coefficient (Wildman–Crippen LogP) is 4.78. The third-order valence-electron chi connectivity index (χ3n) is 6.57. The largest absolute Gasteiger partial charge is 0.357 e. The predicted molar refractivity (Wildman–Crippen MR) is 111 cm³/mol. The molecule has 0 bridgehead atoms. The van der Waals surface area contributed by atoms with E-state index in [1.54, 1.807) is 6.33 Å². The third kappa shape index (κ3) is 3.76. The summed E-state index contributed by atoms with van der Waals surface area (Å²) in [6, 6.07) is 8.57. The molecule has 2 fully saturated rings. The van der Waals surface area contributed by atoms with Gasteiger partial charge in [-0.15, -0.1) is 0 Å². The SMILES string of the molecule is Cc1ccc(CC2(C)CC2C)cc1C(=N)c1cc(N2CCCCC2)ncn1. The van der Waals surface area contributed by atoms with Crippen LogP contribution < -0.4 is 4.90 Å². The summed E-state index contributed by atoms with van der Waals surface area (Å²) in [5.74, 6) is 1.76. The van der Waals surface area contributed by atoms with Crippen molar-refractivity contribution in [2.75, 3.05) is 18.0 Å². The van der Waals surface area contributed by atoms with Gasteiger partial charge in [-0.05, 0) is 67.6 Å². The lowest BCUT2D eigenvalue weighted by Crippen LogP contribution is -2.30. The van der Waals surface area contributed by atoms with E-state index >= 15 is 0 Å². The van der Waals surface area contributed by atoms with Crippen LogP contribution in [0.1, 0.15) is 61.9 Å². The maximum atomic E-state index is 8.80. The van der Waals surface area contributed by atoms with Crippen LogP contribution >= 0.6 is 0 Å². The van der Waals surface area contributed by atoms with E-state index in [1.165, 1.54) is 31.2 Å². The van der Waals surface area contributed by atoms with Crippen molar-refractivity contribution in [2.24, 2.45) is 11.3 Å². The lowest BCUT2D eigenvalue weighted by atomic mass is 9.92. The molecule has 1 aliphatic heterocycles. The Morgan fingerprint density at radius 1 is 1.19 bits per heavy atom. The molecule has 4 heteroatoms. The molecule has 0 amide bonds. The molecule has 1 saturated carbocycles. The van der Waals surface area contributed by atoms with Crippen molar-refractivity contribution in [2.45, 2.75) is 52.9 Å².